The molecule has 0 amide bonds. The van der Waals surface area contributed by atoms with E-state index in [9.17, 15) is 0 Å². The van der Waals surface area contributed by atoms with Gasteiger partial charge < -0.3 is 15.0 Å². The van der Waals surface area contributed by atoms with Crippen molar-refractivity contribution >= 4 is 0 Å². The smallest absolute Gasteiger partial charge is 0.119 e. The van der Waals surface area contributed by atoms with E-state index in [1.165, 1.54) is 18.5 Å². The van der Waals surface area contributed by atoms with Gasteiger partial charge in [-0.3, -0.25) is 0 Å². The van der Waals surface area contributed by atoms with Gasteiger partial charge in [0.1, 0.15) is 5.75 Å². The van der Waals surface area contributed by atoms with Crippen LogP contribution < -0.4 is 10.1 Å². The van der Waals surface area contributed by atoms with E-state index in [0.717, 1.165) is 38.5 Å². The molecule has 0 aromatic heterocycles. The molecule has 19 heavy (non-hydrogen) atoms. The lowest BCUT2D eigenvalue weighted by Gasteiger charge is -2.24. The molecule has 1 atom stereocenters. The van der Waals surface area contributed by atoms with Crippen LogP contribution in [0.5, 0.6) is 5.75 Å². The average Bonchev–Trinajstić information content (AvgIpc) is 2.68. The summed E-state index contributed by atoms with van der Waals surface area (Å²) in [5.41, 5.74) is 1.38. The van der Waals surface area contributed by atoms with Crippen molar-refractivity contribution in [2.75, 3.05) is 39.3 Å². The fourth-order valence-electron chi connectivity index (χ4n) is 2.65. The molecule has 3 heteroatoms. The zero-order valence-electron chi connectivity index (χ0n) is 12.2. The van der Waals surface area contributed by atoms with Crippen LogP contribution in [-0.4, -0.2) is 44.2 Å². The van der Waals surface area contributed by atoms with Crippen molar-refractivity contribution in [3.63, 3.8) is 0 Å². The molecule has 2 rings (SSSR count). The summed E-state index contributed by atoms with van der Waals surface area (Å²) < 4.78 is 5.58. The first-order valence-electron chi connectivity index (χ1n) is 7.45. The molecule has 3 nitrogen and oxygen atoms in total. The van der Waals surface area contributed by atoms with Gasteiger partial charge in [-0.1, -0.05) is 19.1 Å². The van der Waals surface area contributed by atoms with Gasteiger partial charge in [-0.25, -0.2) is 0 Å². The minimum absolute atomic E-state index is 0.554. The maximum Gasteiger partial charge on any atom is 0.119 e. The summed E-state index contributed by atoms with van der Waals surface area (Å²) in [5.74, 6) is 1.54. The molecular formula is C16H26N2O. The van der Waals surface area contributed by atoms with Crippen LogP contribution in [-0.2, 0) is 0 Å². The Morgan fingerprint density at radius 1 is 1.32 bits per heavy atom. The summed E-state index contributed by atoms with van der Waals surface area (Å²) >= 11 is 0. The lowest BCUT2D eigenvalue weighted by Crippen LogP contribution is -2.31. The molecule has 1 aromatic carbocycles. The average molecular weight is 262 g/mol. The second-order valence-electron chi connectivity index (χ2n) is 5.31. The summed E-state index contributed by atoms with van der Waals surface area (Å²) in [6.45, 7) is 10.9. The minimum Gasteiger partial charge on any atom is -0.494 e. The highest BCUT2D eigenvalue weighted by Crippen LogP contribution is 2.21. The Kier molecular flexibility index (Phi) is 5.67. The summed E-state index contributed by atoms with van der Waals surface area (Å²) in [7, 11) is 0. The predicted molar refractivity (Wildman–Crippen MR) is 80.0 cm³/mol. The van der Waals surface area contributed by atoms with Gasteiger partial charge in [-0.05, 0) is 50.0 Å². The molecule has 1 heterocycles. The highest BCUT2D eigenvalue weighted by Gasteiger charge is 2.14. The van der Waals surface area contributed by atoms with Crippen LogP contribution >= 0.6 is 0 Å². The Labute approximate surface area is 116 Å². The largest absolute Gasteiger partial charge is 0.494 e. The Morgan fingerprint density at radius 2 is 2.21 bits per heavy atom. The molecule has 1 unspecified atom stereocenters. The third kappa shape index (κ3) is 4.51. The van der Waals surface area contributed by atoms with E-state index in [1.54, 1.807) is 0 Å². The van der Waals surface area contributed by atoms with Crippen LogP contribution in [0.25, 0.3) is 0 Å². The molecule has 106 valence electrons. The molecule has 0 radical (unpaired) electrons. The van der Waals surface area contributed by atoms with E-state index >= 15 is 0 Å². The number of benzene rings is 1. The molecule has 1 fully saturated rings. The third-order valence-electron chi connectivity index (χ3n) is 3.70. The molecule has 0 bridgehead atoms. The zero-order chi connectivity index (χ0) is 13.5. The minimum atomic E-state index is 0.554. The Morgan fingerprint density at radius 3 is 3.05 bits per heavy atom. The lowest BCUT2D eigenvalue weighted by atomic mass is 10.0. The second-order valence-corrected chi connectivity index (χ2v) is 5.31. The quantitative estimate of drug-likeness (QED) is 0.882. The van der Waals surface area contributed by atoms with E-state index < -0.39 is 0 Å². The van der Waals surface area contributed by atoms with Crippen LogP contribution in [0, 0.1) is 0 Å². The molecule has 0 spiro atoms. The van der Waals surface area contributed by atoms with Gasteiger partial charge in [0.2, 0.25) is 0 Å². The maximum atomic E-state index is 5.58. The molecule has 1 aliphatic heterocycles. The van der Waals surface area contributed by atoms with E-state index in [2.05, 4.69) is 35.3 Å². The Hall–Kier alpha value is -1.06. The lowest BCUT2D eigenvalue weighted by molar-refractivity contribution is 0.277. The topological polar surface area (TPSA) is 24.5 Å². The fourth-order valence-corrected chi connectivity index (χ4v) is 2.65. The molecular weight excluding hydrogens is 236 g/mol. The third-order valence-corrected chi connectivity index (χ3v) is 3.70. The van der Waals surface area contributed by atoms with Crippen LogP contribution in [0.2, 0.25) is 0 Å². The first kappa shape index (κ1) is 14.4. The van der Waals surface area contributed by atoms with Crippen molar-refractivity contribution in [1.29, 1.82) is 0 Å². The van der Waals surface area contributed by atoms with E-state index in [1.807, 2.05) is 13.0 Å². The van der Waals surface area contributed by atoms with Crippen LogP contribution in [0.4, 0.5) is 0 Å². The number of hydrogen-bond acceptors (Lipinski definition) is 3. The van der Waals surface area contributed by atoms with E-state index in [-0.39, 0.29) is 0 Å². The van der Waals surface area contributed by atoms with Crippen LogP contribution in [0.15, 0.2) is 24.3 Å². The van der Waals surface area contributed by atoms with Crippen LogP contribution in [0.3, 0.4) is 0 Å². The SMILES string of the molecule is CCOc1cccc(C(C)CN2CCCNCC2)c1. The van der Waals surface area contributed by atoms with E-state index in [4.69, 9.17) is 4.74 Å². The fraction of sp³-hybridized carbons (Fsp3) is 0.625. The second kappa shape index (κ2) is 7.51. The standard InChI is InChI=1S/C16H26N2O/c1-3-19-16-7-4-6-15(12-16)14(2)13-18-10-5-8-17-9-11-18/h4,6-7,12,14,17H,3,5,8-11,13H2,1-2H3. The molecule has 0 aliphatic carbocycles. The summed E-state index contributed by atoms with van der Waals surface area (Å²) in [6.07, 6.45) is 1.26. The van der Waals surface area contributed by atoms with Gasteiger partial charge >= 0.3 is 0 Å². The first-order chi connectivity index (χ1) is 9.29. The van der Waals surface area contributed by atoms with Gasteiger partial charge in [0, 0.05) is 19.6 Å². The van der Waals surface area contributed by atoms with Gasteiger partial charge in [0.15, 0.2) is 0 Å². The molecule has 1 saturated heterocycles. The van der Waals surface area contributed by atoms with Crippen molar-refractivity contribution in [3.8, 4) is 5.75 Å². The van der Waals surface area contributed by atoms with Gasteiger partial charge in [0.25, 0.3) is 0 Å². The van der Waals surface area contributed by atoms with Gasteiger partial charge in [0.05, 0.1) is 6.61 Å². The summed E-state index contributed by atoms with van der Waals surface area (Å²) in [5, 5.41) is 3.45. The molecule has 1 aliphatic rings. The normalized spacial score (nSPS) is 18.8. The number of rotatable bonds is 5. The van der Waals surface area contributed by atoms with Crippen molar-refractivity contribution < 1.29 is 4.74 Å². The van der Waals surface area contributed by atoms with Crippen LogP contribution in [0.1, 0.15) is 31.7 Å². The van der Waals surface area contributed by atoms with Crippen molar-refractivity contribution in [1.82, 2.24) is 10.2 Å². The molecule has 1 N–H and O–H groups in total. The predicted octanol–water partition coefficient (Wildman–Crippen LogP) is 2.48. The monoisotopic (exact) mass is 262 g/mol. The number of ether oxygens (including phenoxy) is 1. The first-order valence-corrected chi connectivity index (χ1v) is 7.45. The molecule has 0 saturated carbocycles. The molecule has 1 aromatic rings. The number of hydrogen-bond donors (Lipinski definition) is 1. The number of nitrogens with one attached hydrogen (secondary N) is 1. The maximum absolute atomic E-state index is 5.58. The Bertz CT molecular complexity index is 373. The summed E-state index contributed by atoms with van der Waals surface area (Å²) in [4.78, 5) is 2.57. The van der Waals surface area contributed by atoms with Gasteiger partial charge in [-0.15, -0.1) is 0 Å². The highest BCUT2D eigenvalue weighted by atomic mass is 16.5. The zero-order valence-corrected chi connectivity index (χ0v) is 12.2. The highest BCUT2D eigenvalue weighted by molar-refractivity contribution is 5.30. The number of nitrogens with zero attached hydrogens (tertiary/aromatic N) is 1. The van der Waals surface area contributed by atoms with Crippen molar-refractivity contribution in [3.05, 3.63) is 29.8 Å². The van der Waals surface area contributed by atoms with Crippen molar-refractivity contribution in [2.45, 2.75) is 26.2 Å². The summed E-state index contributed by atoms with van der Waals surface area (Å²) in [6, 6.07) is 8.53. The van der Waals surface area contributed by atoms with Gasteiger partial charge in [-0.2, -0.15) is 0 Å². The van der Waals surface area contributed by atoms with E-state index in [0.29, 0.717) is 5.92 Å². The Balaban J connectivity index is 1.94. The van der Waals surface area contributed by atoms with Crippen molar-refractivity contribution in [2.24, 2.45) is 0 Å².